The van der Waals surface area contributed by atoms with Gasteiger partial charge in [-0.3, -0.25) is 9.59 Å². The van der Waals surface area contributed by atoms with Crippen LogP contribution in [0.2, 0.25) is 0 Å². The second-order valence-electron chi connectivity index (χ2n) is 5.78. The lowest BCUT2D eigenvalue weighted by Crippen LogP contribution is -2.49. The Bertz CT molecular complexity index is 781. The number of carboxylic acids is 1. The van der Waals surface area contributed by atoms with Crippen LogP contribution < -0.4 is 16.0 Å². The Hall–Kier alpha value is -2.87. The molecule has 142 valence electrons. The van der Waals surface area contributed by atoms with Crippen LogP contribution in [0.15, 0.2) is 59.1 Å². The Morgan fingerprint density at radius 3 is 2.30 bits per heavy atom. The smallest absolute Gasteiger partial charge is 0.319 e. The summed E-state index contributed by atoms with van der Waals surface area (Å²) >= 11 is 3.32. The van der Waals surface area contributed by atoms with Gasteiger partial charge in [0.15, 0.2) is 0 Å². The number of carbonyl (C=O) groups excluding carboxylic acids is 2. The fourth-order valence-corrected chi connectivity index (χ4v) is 2.60. The predicted octanol–water partition coefficient (Wildman–Crippen LogP) is 2.77. The van der Waals surface area contributed by atoms with Crippen molar-refractivity contribution in [2.45, 2.75) is 18.9 Å². The molecule has 0 aliphatic carbocycles. The highest BCUT2D eigenvalue weighted by Crippen LogP contribution is 2.14. The van der Waals surface area contributed by atoms with Crippen molar-refractivity contribution in [3.8, 4) is 0 Å². The predicted molar refractivity (Wildman–Crippen MR) is 105 cm³/mol. The van der Waals surface area contributed by atoms with Gasteiger partial charge in [-0.2, -0.15) is 0 Å². The molecule has 0 saturated carbocycles. The SMILES string of the molecule is O=C(O)CCNC(=O)[C@H](Cc1ccccc1)NC(=O)Nc1ccc(Br)cc1. The molecule has 0 bridgehead atoms. The fourth-order valence-electron chi connectivity index (χ4n) is 2.33. The molecule has 0 aromatic heterocycles. The maximum atomic E-state index is 12.4. The standard InChI is InChI=1S/C19H20BrN3O4/c20-14-6-8-15(9-7-14)22-19(27)23-16(12-13-4-2-1-3-5-13)18(26)21-11-10-17(24)25/h1-9,16H,10-12H2,(H,21,26)(H,24,25)(H2,22,23,27)/t16-/m0/s1. The van der Waals surface area contributed by atoms with Crippen LogP contribution in [0.3, 0.4) is 0 Å². The molecule has 2 aromatic rings. The molecule has 4 N–H and O–H groups in total. The van der Waals surface area contributed by atoms with Gasteiger partial charge in [-0.25, -0.2) is 4.79 Å². The molecule has 27 heavy (non-hydrogen) atoms. The Morgan fingerprint density at radius 1 is 1.00 bits per heavy atom. The third-order valence-electron chi connectivity index (χ3n) is 3.64. The molecule has 0 saturated heterocycles. The lowest BCUT2D eigenvalue weighted by Gasteiger charge is -2.19. The van der Waals surface area contributed by atoms with Gasteiger partial charge in [-0.05, 0) is 29.8 Å². The highest BCUT2D eigenvalue weighted by molar-refractivity contribution is 9.10. The summed E-state index contributed by atoms with van der Waals surface area (Å²) in [7, 11) is 0. The minimum absolute atomic E-state index is 0.00450. The summed E-state index contributed by atoms with van der Waals surface area (Å²) < 4.78 is 0.883. The molecule has 1 atom stereocenters. The maximum absolute atomic E-state index is 12.4. The number of halogens is 1. The molecule has 3 amide bonds. The fraction of sp³-hybridized carbons (Fsp3) is 0.211. The molecule has 0 unspecified atom stereocenters. The number of nitrogens with one attached hydrogen (secondary N) is 3. The number of anilines is 1. The first-order valence-electron chi connectivity index (χ1n) is 8.30. The minimum atomic E-state index is -1.00. The number of benzene rings is 2. The van der Waals surface area contributed by atoms with Crippen LogP contribution in [-0.2, 0) is 16.0 Å². The first-order valence-corrected chi connectivity index (χ1v) is 9.10. The number of urea groups is 1. The molecule has 2 rings (SSSR count). The van der Waals surface area contributed by atoms with E-state index in [4.69, 9.17) is 5.11 Å². The molecule has 0 aliphatic heterocycles. The zero-order valence-electron chi connectivity index (χ0n) is 14.4. The summed E-state index contributed by atoms with van der Waals surface area (Å²) in [5.41, 5.74) is 1.46. The summed E-state index contributed by atoms with van der Waals surface area (Å²) in [4.78, 5) is 35.3. The first-order chi connectivity index (χ1) is 12.9. The van der Waals surface area contributed by atoms with Crippen LogP contribution in [0, 0.1) is 0 Å². The second kappa shape index (κ2) is 10.3. The van der Waals surface area contributed by atoms with Gasteiger partial charge < -0.3 is 21.1 Å². The first kappa shape index (κ1) is 20.4. The molecule has 2 aromatic carbocycles. The molecular formula is C19H20BrN3O4. The van der Waals surface area contributed by atoms with Gasteiger partial charge >= 0.3 is 12.0 Å². The maximum Gasteiger partial charge on any atom is 0.319 e. The zero-order chi connectivity index (χ0) is 19.6. The number of carboxylic acid groups (broad SMARTS) is 1. The van der Waals surface area contributed by atoms with E-state index >= 15 is 0 Å². The molecular weight excluding hydrogens is 414 g/mol. The van der Waals surface area contributed by atoms with E-state index < -0.39 is 23.9 Å². The number of carbonyl (C=O) groups is 3. The van der Waals surface area contributed by atoms with Gasteiger partial charge in [0.2, 0.25) is 5.91 Å². The van der Waals surface area contributed by atoms with Crippen molar-refractivity contribution in [2.24, 2.45) is 0 Å². The Labute approximate surface area is 165 Å². The highest BCUT2D eigenvalue weighted by Gasteiger charge is 2.21. The Balaban J connectivity index is 2.01. The van der Waals surface area contributed by atoms with Gasteiger partial charge in [0.05, 0.1) is 6.42 Å². The third kappa shape index (κ3) is 7.49. The van der Waals surface area contributed by atoms with Gasteiger partial charge in [0, 0.05) is 23.1 Å². The number of hydrogen-bond donors (Lipinski definition) is 4. The van der Waals surface area contributed by atoms with Crippen molar-refractivity contribution >= 4 is 39.5 Å². The van der Waals surface area contributed by atoms with Crippen LogP contribution in [-0.4, -0.2) is 35.6 Å². The molecule has 0 aliphatic rings. The Morgan fingerprint density at radius 2 is 1.67 bits per heavy atom. The number of aliphatic carboxylic acids is 1. The Kier molecular flexibility index (Phi) is 7.81. The topological polar surface area (TPSA) is 108 Å². The number of hydrogen-bond acceptors (Lipinski definition) is 3. The van der Waals surface area contributed by atoms with Gasteiger partial charge in [0.1, 0.15) is 6.04 Å². The normalized spacial score (nSPS) is 11.3. The molecule has 0 heterocycles. The average molecular weight is 434 g/mol. The van der Waals surface area contributed by atoms with Crippen LogP contribution in [0.1, 0.15) is 12.0 Å². The summed E-state index contributed by atoms with van der Waals surface area (Å²) in [6, 6.07) is 14.9. The van der Waals surface area contributed by atoms with Gasteiger partial charge in [-0.1, -0.05) is 46.3 Å². The van der Waals surface area contributed by atoms with Gasteiger partial charge in [-0.15, -0.1) is 0 Å². The molecule has 7 nitrogen and oxygen atoms in total. The molecule has 0 spiro atoms. The van der Waals surface area contributed by atoms with Crippen molar-refractivity contribution in [3.63, 3.8) is 0 Å². The third-order valence-corrected chi connectivity index (χ3v) is 4.17. The van der Waals surface area contributed by atoms with Crippen molar-refractivity contribution in [3.05, 3.63) is 64.6 Å². The van der Waals surface area contributed by atoms with Crippen molar-refractivity contribution in [2.75, 3.05) is 11.9 Å². The van der Waals surface area contributed by atoms with Crippen molar-refractivity contribution in [1.82, 2.24) is 10.6 Å². The lowest BCUT2D eigenvalue weighted by molar-refractivity contribution is -0.137. The van der Waals surface area contributed by atoms with E-state index in [1.807, 2.05) is 30.3 Å². The summed E-state index contributed by atoms with van der Waals surface area (Å²) in [6.45, 7) is -0.00450. The van der Waals surface area contributed by atoms with E-state index in [2.05, 4.69) is 31.9 Å². The summed E-state index contributed by atoms with van der Waals surface area (Å²) in [6.07, 6.45) is 0.0996. The van der Waals surface area contributed by atoms with E-state index in [-0.39, 0.29) is 19.4 Å². The number of rotatable bonds is 8. The molecule has 0 fully saturated rings. The van der Waals surface area contributed by atoms with Gasteiger partial charge in [0.25, 0.3) is 0 Å². The minimum Gasteiger partial charge on any atom is -0.481 e. The average Bonchev–Trinajstić information content (AvgIpc) is 2.63. The summed E-state index contributed by atoms with van der Waals surface area (Å²) in [5.74, 6) is -1.44. The van der Waals surface area contributed by atoms with Crippen molar-refractivity contribution in [1.29, 1.82) is 0 Å². The van der Waals surface area contributed by atoms with E-state index in [9.17, 15) is 14.4 Å². The monoisotopic (exact) mass is 433 g/mol. The molecule has 8 heteroatoms. The molecule has 0 radical (unpaired) electrons. The van der Waals surface area contributed by atoms with E-state index in [0.29, 0.717) is 5.69 Å². The van der Waals surface area contributed by atoms with Crippen LogP contribution in [0.25, 0.3) is 0 Å². The zero-order valence-corrected chi connectivity index (χ0v) is 16.0. The van der Waals surface area contributed by atoms with Crippen LogP contribution >= 0.6 is 15.9 Å². The van der Waals surface area contributed by atoms with E-state index in [1.54, 1.807) is 24.3 Å². The second-order valence-corrected chi connectivity index (χ2v) is 6.70. The number of amides is 3. The largest absolute Gasteiger partial charge is 0.481 e. The van der Waals surface area contributed by atoms with Crippen LogP contribution in [0.4, 0.5) is 10.5 Å². The quantitative estimate of drug-likeness (QED) is 0.513. The van der Waals surface area contributed by atoms with E-state index in [1.165, 1.54) is 0 Å². The van der Waals surface area contributed by atoms with Crippen LogP contribution in [0.5, 0.6) is 0 Å². The highest BCUT2D eigenvalue weighted by atomic mass is 79.9. The van der Waals surface area contributed by atoms with Crippen molar-refractivity contribution < 1.29 is 19.5 Å². The summed E-state index contributed by atoms with van der Waals surface area (Å²) in [5, 5.41) is 16.6. The van der Waals surface area contributed by atoms with E-state index in [0.717, 1.165) is 10.0 Å². The lowest BCUT2D eigenvalue weighted by atomic mass is 10.1.